The summed E-state index contributed by atoms with van der Waals surface area (Å²) in [7, 11) is 1.53. The maximum atomic E-state index is 13.2. The number of amides is 1. The van der Waals surface area contributed by atoms with Crippen LogP contribution in [0, 0.1) is 5.92 Å². The molecule has 34 heavy (non-hydrogen) atoms. The van der Waals surface area contributed by atoms with Gasteiger partial charge >= 0.3 is 0 Å². The van der Waals surface area contributed by atoms with Gasteiger partial charge in [0.15, 0.2) is 11.5 Å². The molecule has 6 nitrogen and oxygen atoms in total. The monoisotopic (exact) mass is 460 g/mol. The maximum absolute atomic E-state index is 13.2. The predicted octanol–water partition coefficient (Wildman–Crippen LogP) is 4.86. The number of nitrogens with one attached hydrogen (secondary N) is 1. The number of methoxy groups -OCH3 is 1. The van der Waals surface area contributed by atoms with E-state index < -0.39 is 5.60 Å². The number of aliphatic hydroxyl groups is 1. The Kier molecular flexibility index (Phi) is 6.19. The largest absolute Gasteiger partial charge is 0.504 e. The first kappa shape index (κ1) is 22.7. The Hall–Kier alpha value is -3.09. The number of ether oxygens (including phenoxy) is 1. The van der Waals surface area contributed by atoms with Crippen molar-refractivity contribution >= 4 is 22.4 Å². The van der Waals surface area contributed by atoms with E-state index in [0.717, 1.165) is 47.7 Å². The molecular formula is C28H32N2O4. The fraction of sp³-hybridized carbons (Fsp3) is 0.393. The van der Waals surface area contributed by atoms with Gasteiger partial charge in [0, 0.05) is 29.6 Å². The Morgan fingerprint density at radius 1 is 1.12 bits per heavy atom. The summed E-state index contributed by atoms with van der Waals surface area (Å²) in [5.41, 5.74) is 1.03. The normalized spacial score (nSPS) is 25.0. The van der Waals surface area contributed by atoms with Crippen LogP contribution in [0.2, 0.25) is 0 Å². The van der Waals surface area contributed by atoms with Crippen LogP contribution in [0.3, 0.4) is 0 Å². The Bertz CT molecular complexity index is 1190. The van der Waals surface area contributed by atoms with Crippen LogP contribution in [0.25, 0.3) is 10.8 Å². The number of nitrogens with zero attached hydrogens (tertiary/aromatic N) is 1. The maximum Gasteiger partial charge on any atom is 0.238 e. The highest BCUT2D eigenvalue weighted by Gasteiger charge is 2.49. The number of phenols is 1. The van der Waals surface area contributed by atoms with Gasteiger partial charge in [-0.25, -0.2) is 0 Å². The number of benzene rings is 3. The zero-order valence-corrected chi connectivity index (χ0v) is 19.5. The SMILES string of the molecule is COc1cc([C@@H]2[C@H]3CCCC[C@@]3(O)CCN2CC(=O)Nc2cccc3ccccc23)ccc1O. The summed E-state index contributed by atoms with van der Waals surface area (Å²) in [4.78, 5) is 15.4. The van der Waals surface area contributed by atoms with Crippen LogP contribution in [0.15, 0.2) is 60.7 Å². The molecule has 1 amide bonds. The van der Waals surface area contributed by atoms with Crippen LogP contribution in [-0.4, -0.2) is 46.8 Å². The number of phenolic OH excluding ortho intramolecular Hbond substituents is 1. The summed E-state index contributed by atoms with van der Waals surface area (Å²) in [5, 5.41) is 26.8. The molecule has 3 aromatic carbocycles. The number of fused-ring (bicyclic) bond motifs is 2. The molecule has 3 aromatic rings. The number of anilines is 1. The summed E-state index contributed by atoms with van der Waals surface area (Å²) in [6, 6.07) is 19.2. The lowest BCUT2D eigenvalue weighted by Gasteiger charge is -2.52. The Balaban J connectivity index is 1.43. The molecule has 1 aliphatic carbocycles. The molecule has 0 bridgehead atoms. The second kappa shape index (κ2) is 9.28. The van der Waals surface area contributed by atoms with Crippen LogP contribution >= 0.6 is 0 Å². The van der Waals surface area contributed by atoms with Gasteiger partial charge in [0.1, 0.15) is 0 Å². The van der Waals surface area contributed by atoms with Crippen molar-refractivity contribution in [2.24, 2.45) is 5.92 Å². The van der Waals surface area contributed by atoms with Crippen molar-refractivity contribution in [3.63, 3.8) is 0 Å². The van der Waals surface area contributed by atoms with Gasteiger partial charge in [0.2, 0.25) is 5.91 Å². The van der Waals surface area contributed by atoms with Crippen molar-refractivity contribution in [1.82, 2.24) is 4.90 Å². The van der Waals surface area contributed by atoms with E-state index in [4.69, 9.17) is 4.74 Å². The number of carbonyl (C=O) groups is 1. The first-order valence-corrected chi connectivity index (χ1v) is 12.1. The molecule has 3 N–H and O–H groups in total. The molecule has 0 spiro atoms. The lowest BCUT2D eigenvalue weighted by atomic mass is 9.66. The van der Waals surface area contributed by atoms with Crippen molar-refractivity contribution < 1.29 is 19.7 Å². The van der Waals surface area contributed by atoms with Gasteiger partial charge < -0.3 is 20.3 Å². The van der Waals surface area contributed by atoms with Gasteiger partial charge in [0.05, 0.1) is 19.3 Å². The number of likely N-dealkylation sites (tertiary alicyclic amines) is 1. The summed E-state index contributed by atoms with van der Waals surface area (Å²) in [6.07, 6.45) is 4.45. The zero-order chi connectivity index (χ0) is 23.7. The van der Waals surface area contributed by atoms with Gasteiger partial charge in [-0.2, -0.15) is 0 Å². The number of hydrogen-bond acceptors (Lipinski definition) is 5. The second-order valence-electron chi connectivity index (χ2n) is 9.63. The highest BCUT2D eigenvalue weighted by Crippen LogP contribution is 2.50. The number of rotatable bonds is 5. The minimum absolute atomic E-state index is 0.0228. The zero-order valence-electron chi connectivity index (χ0n) is 19.5. The third-order valence-corrected chi connectivity index (χ3v) is 7.63. The highest BCUT2D eigenvalue weighted by atomic mass is 16.5. The number of hydrogen-bond donors (Lipinski definition) is 3. The molecule has 1 saturated carbocycles. The minimum atomic E-state index is -0.726. The van der Waals surface area contributed by atoms with Crippen LogP contribution in [0.4, 0.5) is 5.69 Å². The topological polar surface area (TPSA) is 82.0 Å². The fourth-order valence-electron chi connectivity index (χ4n) is 5.95. The molecule has 2 fully saturated rings. The molecule has 0 unspecified atom stereocenters. The van der Waals surface area contributed by atoms with Gasteiger partial charge in [-0.15, -0.1) is 0 Å². The van der Waals surface area contributed by atoms with Gasteiger partial charge in [-0.05, 0) is 48.4 Å². The highest BCUT2D eigenvalue weighted by molar-refractivity contribution is 6.02. The molecule has 2 aliphatic rings. The van der Waals surface area contributed by atoms with E-state index >= 15 is 0 Å². The van der Waals surface area contributed by atoms with Crippen LogP contribution < -0.4 is 10.1 Å². The summed E-state index contributed by atoms with van der Waals surface area (Å²) >= 11 is 0. The van der Waals surface area contributed by atoms with Crippen LogP contribution in [-0.2, 0) is 4.79 Å². The van der Waals surface area contributed by atoms with E-state index in [9.17, 15) is 15.0 Å². The lowest BCUT2D eigenvalue weighted by Crippen LogP contribution is -2.56. The van der Waals surface area contributed by atoms with Gasteiger partial charge in [0.25, 0.3) is 0 Å². The molecule has 1 saturated heterocycles. The fourth-order valence-corrected chi connectivity index (χ4v) is 5.95. The predicted molar refractivity (Wildman–Crippen MR) is 133 cm³/mol. The molecule has 5 rings (SSSR count). The molecule has 1 aliphatic heterocycles. The Morgan fingerprint density at radius 2 is 1.94 bits per heavy atom. The van der Waals surface area contributed by atoms with Crippen LogP contribution in [0.1, 0.15) is 43.7 Å². The van der Waals surface area contributed by atoms with Crippen molar-refractivity contribution in [1.29, 1.82) is 0 Å². The molecule has 1 heterocycles. The van der Waals surface area contributed by atoms with Crippen molar-refractivity contribution in [3.8, 4) is 11.5 Å². The third kappa shape index (κ3) is 4.24. The molecule has 0 aromatic heterocycles. The van der Waals surface area contributed by atoms with Crippen molar-refractivity contribution in [2.45, 2.75) is 43.7 Å². The Morgan fingerprint density at radius 3 is 2.79 bits per heavy atom. The second-order valence-corrected chi connectivity index (χ2v) is 9.63. The van der Waals surface area contributed by atoms with Gasteiger partial charge in [-0.1, -0.05) is 55.3 Å². The molecule has 178 valence electrons. The average Bonchev–Trinajstić information content (AvgIpc) is 2.85. The van der Waals surface area contributed by atoms with Gasteiger partial charge in [-0.3, -0.25) is 9.69 Å². The Labute approximate surface area is 200 Å². The number of piperidine rings is 1. The molecule has 0 radical (unpaired) electrons. The number of aromatic hydroxyl groups is 1. The first-order valence-electron chi connectivity index (χ1n) is 12.1. The molecular weight excluding hydrogens is 428 g/mol. The summed E-state index contributed by atoms with van der Waals surface area (Å²) < 4.78 is 5.36. The van der Waals surface area contributed by atoms with Crippen molar-refractivity contribution in [2.75, 3.05) is 25.5 Å². The smallest absolute Gasteiger partial charge is 0.238 e. The first-order chi connectivity index (χ1) is 16.5. The molecule has 3 atom stereocenters. The summed E-state index contributed by atoms with van der Waals surface area (Å²) in [6.45, 7) is 0.855. The number of carbonyl (C=O) groups excluding carboxylic acids is 1. The lowest BCUT2D eigenvalue weighted by molar-refractivity contribution is -0.135. The minimum Gasteiger partial charge on any atom is -0.504 e. The van der Waals surface area contributed by atoms with E-state index in [-0.39, 0.29) is 30.2 Å². The van der Waals surface area contributed by atoms with E-state index in [1.54, 1.807) is 6.07 Å². The quantitative estimate of drug-likeness (QED) is 0.507. The third-order valence-electron chi connectivity index (χ3n) is 7.63. The summed E-state index contributed by atoms with van der Waals surface area (Å²) in [5.74, 6) is 0.437. The van der Waals surface area contributed by atoms with E-state index in [1.165, 1.54) is 7.11 Å². The van der Waals surface area contributed by atoms with E-state index in [1.807, 2.05) is 54.6 Å². The van der Waals surface area contributed by atoms with E-state index in [2.05, 4.69) is 10.2 Å². The standard InChI is InChI=1S/C28H32N2O4/c1-34-25-17-20(12-13-24(25)31)27-22-10-4-5-14-28(22,33)15-16-30(27)18-26(32)29-23-11-6-8-19-7-2-3-9-21(19)23/h2-3,6-9,11-13,17,22,27,31,33H,4-5,10,14-16,18H2,1H3,(H,29,32)/t22-,27-,28-/m1/s1. The molecule has 6 heteroatoms. The van der Waals surface area contributed by atoms with Crippen molar-refractivity contribution in [3.05, 3.63) is 66.2 Å². The van der Waals surface area contributed by atoms with E-state index in [0.29, 0.717) is 18.7 Å². The van der Waals surface area contributed by atoms with Crippen LogP contribution in [0.5, 0.6) is 11.5 Å². The average molecular weight is 461 g/mol.